The predicted octanol–water partition coefficient (Wildman–Crippen LogP) is 2.56. The summed E-state index contributed by atoms with van der Waals surface area (Å²) in [6.07, 6.45) is 0. The van der Waals surface area contributed by atoms with Crippen LogP contribution in [0.5, 0.6) is 0 Å². The normalized spacial score (nSPS) is 10.3. The van der Waals surface area contributed by atoms with Crippen LogP contribution >= 0.6 is 12.2 Å². The standard InChI is InChI=1S/C7H7NS.C7H8O3S/c8-7(9)6-4-2-1-3-5-6;1-6-2-4-7(5-3-6)11(8,9)10/h1-5H,(H2,8,9);2-5H,1H3,(H,8,9,10). The van der Waals surface area contributed by atoms with Crippen molar-refractivity contribution in [1.82, 2.24) is 0 Å². The minimum atomic E-state index is -4.02. The second-order valence-corrected chi connectivity index (χ2v) is 5.88. The summed E-state index contributed by atoms with van der Waals surface area (Å²) in [7, 11) is -4.02. The molecular weight excluding hydrogens is 294 g/mol. The van der Waals surface area contributed by atoms with Crippen LogP contribution in [0, 0.1) is 6.92 Å². The highest BCUT2D eigenvalue weighted by Gasteiger charge is 2.06. The molecule has 2 aromatic rings. The van der Waals surface area contributed by atoms with Gasteiger partial charge in [0.1, 0.15) is 4.99 Å². The fourth-order valence-electron chi connectivity index (χ4n) is 1.31. The Morgan fingerprint density at radius 3 is 1.90 bits per heavy atom. The lowest BCUT2D eigenvalue weighted by Crippen LogP contribution is -2.08. The summed E-state index contributed by atoms with van der Waals surface area (Å²) in [6, 6.07) is 15.5. The summed E-state index contributed by atoms with van der Waals surface area (Å²) in [5.41, 5.74) is 7.22. The van der Waals surface area contributed by atoms with Crippen LogP contribution in [0.15, 0.2) is 59.5 Å². The molecule has 0 saturated carbocycles. The number of nitrogens with two attached hydrogens (primary N) is 1. The molecule has 4 nitrogen and oxygen atoms in total. The lowest BCUT2D eigenvalue weighted by atomic mass is 10.2. The van der Waals surface area contributed by atoms with Gasteiger partial charge in [-0.15, -0.1) is 0 Å². The fourth-order valence-corrected chi connectivity index (χ4v) is 1.93. The van der Waals surface area contributed by atoms with Gasteiger partial charge in [0, 0.05) is 5.56 Å². The highest BCUT2D eigenvalue weighted by atomic mass is 32.2. The summed E-state index contributed by atoms with van der Waals surface area (Å²) in [5.74, 6) is 0. The van der Waals surface area contributed by atoms with Crippen molar-refractivity contribution in [3.8, 4) is 0 Å². The zero-order valence-corrected chi connectivity index (χ0v) is 12.5. The second kappa shape index (κ2) is 7.14. The molecule has 0 atom stereocenters. The van der Waals surface area contributed by atoms with Gasteiger partial charge in [-0.05, 0) is 19.1 Å². The average molecular weight is 309 g/mol. The molecule has 2 aromatic carbocycles. The highest BCUT2D eigenvalue weighted by molar-refractivity contribution is 7.85. The highest BCUT2D eigenvalue weighted by Crippen LogP contribution is 2.08. The lowest BCUT2D eigenvalue weighted by Gasteiger charge is -1.95. The van der Waals surface area contributed by atoms with Crippen molar-refractivity contribution in [2.24, 2.45) is 5.73 Å². The van der Waals surface area contributed by atoms with Gasteiger partial charge in [0.2, 0.25) is 0 Å². The third-order valence-corrected chi connectivity index (χ3v) is 3.48. The van der Waals surface area contributed by atoms with E-state index in [0.717, 1.165) is 11.1 Å². The first kappa shape index (κ1) is 16.3. The number of rotatable bonds is 2. The molecule has 0 amide bonds. The molecule has 20 heavy (non-hydrogen) atoms. The molecule has 0 aliphatic carbocycles. The van der Waals surface area contributed by atoms with Crippen LogP contribution in [0.4, 0.5) is 0 Å². The van der Waals surface area contributed by atoms with Crippen LogP contribution in [0.25, 0.3) is 0 Å². The number of thiocarbonyl (C=S) groups is 1. The summed E-state index contributed by atoms with van der Waals surface area (Å²) in [5, 5.41) is 0. The van der Waals surface area contributed by atoms with Crippen molar-refractivity contribution in [1.29, 1.82) is 0 Å². The molecule has 0 unspecified atom stereocenters. The number of hydrogen-bond acceptors (Lipinski definition) is 3. The minimum Gasteiger partial charge on any atom is -0.389 e. The topological polar surface area (TPSA) is 80.4 Å². The first-order chi connectivity index (χ1) is 9.30. The monoisotopic (exact) mass is 309 g/mol. The molecule has 0 heterocycles. The van der Waals surface area contributed by atoms with Gasteiger partial charge in [-0.2, -0.15) is 8.42 Å². The Kier molecular flexibility index (Phi) is 5.82. The van der Waals surface area contributed by atoms with Crippen molar-refractivity contribution >= 4 is 27.3 Å². The Bertz CT molecular complexity index is 665. The predicted molar refractivity (Wildman–Crippen MR) is 83.3 cm³/mol. The van der Waals surface area contributed by atoms with Gasteiger partial charge in [0.15, 0.2) is 0 Å². The van der Waals surface area contributed by atoms with Gasteiger partial charge in [-0.1, -0.05) is 60.2 Å². The van der Waals surface area contributed by atoms with E-state index in [-0.39, 0.29) is 4.90 Å². The third kappa shape index (κ3) is 5.48. The van der Waals surface area contributed by atoms with E-state index in [2.05, 4.69) is 0 Å². The smallest absolute Gasteiger partial charge is 0.294 e. The number of benzene rings is 2. The summed E-state index contributed by atoms with van der Waals surface area (Å²) in [4.78, 5) is 0.388. The molecule has 6 heteroatoms. The number of aryl methyl sites for hydroxylation is 1. The maximum atomic E-state index is 10.5. The van der Waals surface area contributed by atoms with Gasteiger partial charge in [-0.25, -0.2) is 0 Å². The second-order valence-electron chi connectivity index (χ2n) is 4.02. The van der Waals surface area contributed by atoms with Gasteiger partial charge >= 0.3 is 0 Å². The minimum absolute atomic E-state index is 0.0666. The lowest BCUT2D eigenvalue weighted by molar-refractivity contribution is 0.483. The first-order valence-corrected chi connectivity index (χ1v) is 7.54. The van der Waals surface area contributed by atoms with Crippen LogP contribution in [0.2, 0.25) is 0 Å². The molecule has 0 aliphatic heterocycles. The van der Waals surface area contributed by atoms with Crippen LogP contribution in [0.3, 0.4) is 0 Å². The fraction of sp³-hybridized carbons (Fsp3) is 0.0714. The largest absolute Gasteiger partial charge is 0.389 e. The first-order valence-electron chi connectivity index (χ1n) is 5.69. The summed E-state index contributed by atoms with van der Waals surface area (Å²) < 4.78 is 29.6. The van der Waals surface area contributed by atoms with Crippen molar-refractivity contribution in [3.63, 3.8) is 0 Å². The summed E-state index contributed by atoms with van der Waals surface area (Å²) in [6.45, 7) is 1.84. The Labute approximate surface area is 124 Å². The van der Waals surface area contributed by atoms with Gasteiger partial charge < -0.3 is 5.73 Å². The van der Waals surface area contributed by atoms with Crippen LogP contribution in [0.1, 0.15) is 11.1 Å². The van der Waals surface area contributed by atoms with Crippen molar-refractivity contribution in [2.45, 2.75) is 11.8 Å². The Hall–Kier alpha value is -1.76. The molecule has 0 bridgehead atoms. The Morgan fingerprint density at radius 2 is 1.55 bits per heavy atom. The molecule has 0 radical (unpaired) electrons. The zero-order chi connectivity index (χ0) is 15.2. The molecule has 3 N–H and O–H groups in total. The maximum absolute atomic E-state index is 10.5. The van der Waals surface area contributed by atoms with E-state index in [1.165, 1.54) is 12.1 Å². The van der Waals surface area contributed by atoms with Crippen LogP contribution < -0.4 is 5.73 Å². The van der Waals surface area contributed by atoms with Crippen LogP contribution in [-0.2, 0) is 10.1 Å². The van der Waals surface area contributed by atoms with E-state index < -0.39 is 10.1 Å². The van der Waals surface area contributed by atoms with E-state index in [4.69, 9.17) is 22.5 Å². The maximum Gasteiger partial charge on any atom is 0.294 e. The van der Waals surface area contributed by atoms with E-state index in [9.17, 15) is 8.42 Å². The molecule has 0 saturated heterocycles. The van der Waals surface area contributed by atoms with Crippen molar-refractivity contribution in [2.75, 3.05) is 0 Å². The van der Waals surface area contributed by atoms with Crippen LogP contribution in [-0.4, -0.2) is 18.0 Å². The molecule has 0 aromatic heterocycles. The Balaban J connectivity index is 0.000000204. The SMILES string of the molecule is Cc1ccc(S(=O)(=O)O)cc1.NC(=S)c1ccccc1. The quantitative estimate of drug-likeness (QED) is 0.658. The summed E-state index contributed by atoms with van der Waals surface area (Å²) >= 11 is 4.74. The number of hydrogen-bond donors (Lipinski definition) is 2. The van der Waals surface area contributed by atoms with Gasteiger partial charge in [-0.3, -0.25) is 4.55 Å². The van der Waals surface area contributed by atoms with Gasteiger partial charge in [0.05, 0.1) is 4.90 Å². The van der Waals surface area contributed by atoms with E-state index in [0.29, 0.717) is 4.99 Å². The van der Waals surface area contributed by atoms with Crippen molar-refractivity contribution in [3.05, 3.63) is 65.7 Å². The van der Waals surface area contributed by atoms with Gasteiger partial charge in [0.25, 0.3) is 10.1 Å². The van der Waals surface area contributed by atoms with E-state index >= 15 is 0 Å². The third-order valence-electron chi connectivity index (χ3n) is 2.38. The molecule has 0 fully saturated rings. The Morgan fingerprint density at radius 1 is 1.05 bits per heavy atom. The zero-order valence-electron chi connectivity index (χ0n) is 10.9. The average Bonchev–Trinajstić information content (AvgIpc) is 2.40. The molecule has 0 spiro atoms. The molecule has 106 valence electrons. The van der Waals surface area contributed by atoms with E-state index in [1.54, 1.807) is 12.1 Å². The molecule has 2 rings (SSSR count). The molecular formula is C14H15NO3S2. The van der Waals surface area contributed by atoms with E-state index in [1.807, 2.05) is 37.3 Å². The van der Waals surface area contributed by atoms with Crippen molar-refractivity contribution < 1.29 is 13.0 Å². The molecule has 0 aliphatic rings.